The van der Waals surface area contributed by atoms with E-state index in [1.165, 1.54) is 10.8 Å². The molecule has 5 heteroatoms. The van der Waals surface area contributed by atoms with Gasteiger partial charge in [0.1, 0.15) is 11.5 Å². The number of fused-ring (bicyclic) bond motifs is 7. The van der Waals surface area contributed by atoms with Crippen LogP contribution in [0.25, 0.3) is 43.7 Å². The van der Waals surface area contributed by atoms with Crippen LogP contribution in [0.4, 0.5) is 0 Å². The van der Waals surface area contributed by atoms with E-state index < -0.39 is 0 Å². The van der Waals surface area contributed by atoms with Crippen molar-refractivity contribution in [1.29, 1.82) is 0 Å². The summed E-state index contributed by atoms with van der Waals surface area (Å²) in [7, 11) is 0. The molecule has 1 aromatic heterocycles. The Labute approximate surface area is 244 Å². The largest absolute Gasteiger partial charge is 0.478 e. The van der Waals surface area contributed by atoms with Crippen LogP contribution in [0.3, 0.4) is 0 Å². The first-order chi connectivity index (χ1) is 19.3. The number of hydrogen-bond acceptors (Lipinski definition) is 3. The summed E-state index contributed by atoms with van der Waals surface area (Å²) in [6.07, 6.45) is 0. The molecule has 0 aliphatic carbocycles. The molecule has 2 aliphatic heterocycles. The van der Waals surface area contributed by atoms with E-state index in [4.69, 9.17) is 14.5 Å². The van der Waals surface area contributed by atoms with Crippen LogP contribution in [-0.4, -0.2) is 11.7 Å². The first-order valence-corrected chi connectivity index (χ1v) is 13.2. The molecule has 0 saturated carbocycles. The van der Waals surface area contributed by atoms with Gasteiger partial charge in [-0.3, -0.25) is 4.98 Å². The third kappa shape index (κ3) is 3.45. The van der Waals surface area contributed by atoms with Crippen LogP contribution in [0.2, 0.25) is 0 Å². The van der Waals surface area contributed by atoms with Crippen LogP contribution in [0.15, 0.2) is 115 Å². The molecule has 0 spiro atoms. The van der Waals surface area contributed by atoms with Crippen LogP contribution in [0, 0.1) is 6.07 Å². The summed E-state index contributed by atoms with van der Waals surface area (Å²) >= 11 is 0. The molecule has 0 saturated heterocycles. The van der Waals surface area contributed by atoms with E-state index in [9.17, 15) is 0 Å². The van der Waals surface area contributed by atoms with Crippen molar-refractivity contribution in [2.75, 3.05) is 0 Å². The monoisotopic (exact) mass is 689 g/mol. The van der Waals surface area contributed by atoms with Crippen LogP contribution in [0.5, 0.6) is 23.0 Å². The molecular formula is C35H19BIrNO2-. The van der Waals surface area contributed by atoms with Crippen LogP contribution < -0.4 is 25.9 Å². The first-order valence-electron chi connectivity index (χ1n) is 13.2. The fourth-order valence-corrected chi connectivity index (χ4v) is 6.15. The van der Waals surface area contributed by atoms with Crippen LogP contribution in [-0.2, 0) is 20.1 Å². The topological polar surface area (TPSA) is 31.4 Å². The van der Waals surface area contributed by atoms with E-state index in [1.54, 1.807) is 0 Å². The van der Waals surface area contributed by atoms with Crippen LogP contribution in [0.1, 0.15) is 0 Å². The van der Waals surface area contributed by atoms with Crippen molar-refractivity contribution in [3.63, 3.8) is 0 Å². The van der Waals surface area contributed by atoms with E-state index >= 15 is 0 Å². The Morgan fingerprint density at radius 2 is 1.12 bits per heavy atom. The fourth-order valence-electron chi connectivity index (χ4n) is 6.15. The second-order valence-corrected chi connectivity index (χ2v) is 10.3. The minimum atomic E-state index is -0.0217. The van der Waals surface area contributed by atoms with Gasteiger partial charge in [0.25, 0.3) is 0 Å². The number of rotatable bonds is 1. The molecule has 0 N–H and O–H groups in total. The molecule has 1 radical (unpaired) electrons. The number of para-hydroxylation sites is 1. The molecule has 40 heavy (non-hydrogen) atoms. The molecule has 189 valence electrons. The van der Waals surface area contributed by atoms with Crippen molar-refractivity contribution in [2.45, 2.75) is 0 Å². The van der Waals surface area contributed by atoms with Crippen molar-refractivity contribution in [3.05, 3.63) is 121 Å². The number of ether oxygens (including phenoxy) is 2. The summed E-state index contributed by atoms with van der Waals surface area (Å²) in [6.45, 7) is -0.0217. The van der Waals surface area contributed by atoms with Gasteiger partial charge in [-0.1, -0.05) is 103 Å². The Morgan fingerprint density at radius 3 is 1.80 bits per heavy atom. The summed E-state index contributed by atoms with van der Waals surface area (Å²) in [6, 6.07) is 43.7. The van der Waals surface area contributed by atoms with Gasteiger partial charge in [0.2, 0.25) is 6.71 Å². The molecule has 0 fully saturated rings. The molecule has 3 heterocycles. The average molecular weight is 689 g/mol. The standard InChI is InChI=1S/C35H19BNO2.Ir/c1-3-10-24-17-31-27(15-22(24)8-1)36-28-16-23-9-2-4-11-25(23)18-32(28)39-34-20-26(19-33(38-31)35(34)36)30-14-13-21-7-5-6-12-29(21)37-30;/h1-19H;/q-1;. The minimum absolute atomic E-state index is 0. The summed E-state index contributed by atoms with van der Waals surface area (Å²) in [4.78, 5) is 4.93. The Hall–Kier alpha value is -4.44. The van der Waals surface area contributed by atoms with Crippen LogP contribution >= 0.6 is 0 Å². The summed E-state index contributed by atoms with van der Waals surface area (Å²) < 4.78 is 13.3. The smallest absolute Gasteiger partial charge is 0.208 e. The number of pyridine rings is 1. The molecule has 0 unspecified atom stereocenters. The van der Waals surface area contributed by atoms with Crippen molar-refractivity contribution in [2.24, 2.45) is 0 Å². The zero-order valence-electron chi connectivity index (χ0n) is 21.1. The average Bonchev–Trinajstić information content (AvgIpc) is 2.98. The van der Waals surface area contributed by atoms with Crippen molar-refractivity contribution in [1.82, 2.24) is 4.98 Å². The normalized spacial score (nSPS) is 12.7. The minimum Gasteiger partial charge on any atom is -0.478 e. The Morgan fingerprint density at radius 1 is 0.550 bits per heavy atom. The zero-order valence-corrected chi connectivity index (χ0v) is 23.5. The van der Waals surface area contributed by atoms with Gasteiger partial charge < -0.3 is 9.47 Å². The molecule has 9 rings (SSSR count). The van der Waals surface area contributed by atoms with Gasteiger partial charge in [-0.15, -0.1) is 11.6 Å². The number of aromatic nitrogens is 1. The number of benzene rings is 6. The van der Waals surface area contributed by atoms with Gasteiger partial charge in [0.05, 0.1) is 5.52 Å². The Kier molecular flexibility index (Phi) is 5.15. The van der Waals surface area contributed by atoms with E-state index in [1.807, 2.05) is 24.3 Å². The van der Waals surface area contributed by atoms with Gasteiger partial charge in [0, 0.05) is 31.6 Å². The summed E-state index contributed by atoms with van der Waals surface area (Å²) in [5, 5.41) is 5.80. The second-order valence-electron chi connectivity index (χ2n) is 10.3. The second kappa shape index (κ2) is 8.79. The number of nitrogens with zero attached hydrogens (tertiary/aromatic N) is 1. The van der Waals surface area contributed by atoms with E-state index in [0.29, 0.717) is 5.75 Å². The maximum absolute atomic E-state index is 6.66. The van der Waals surface area contributed by atoms with Gasteiger partial charge in [-0.2, -0.15) is 0 Å². The predicted octanol–water partition coefficient (Wildman–Crippen LogP) is 6.73. The SMILES string of the molecule is [Ir].[c-]1c(-c2ccc3ccccc3n2)cc2c3c1Oc1cc4ccccc4cc1B3c1cc3ccccc3cc1O2. The molecule has 6 aromatic carbocycles. The Balaban J connectivity index is 0.00000245. The Bertz CT molecular complexity index is 2050. The van der Waals surface area contributed by atoms with Gasteiger partial charge in [-0.05, 0) is 61.7 Å². The fraction of sp³-hybridized carbons (Fsp3) is 0. The zero-order chi connectivity index (χ0) is 25.5. The molecule has 3 nitrogen and oxygen atoms in total. The molecule has 7 aromatic rings. The van der Waals surface area contributed by atoms with Gasteiger partial charge >= 0.3 is 0 Å². The molecule has 0 amide bonds. The molecule has 2 aliphatic rings. The van der Waals surface area contributed by atoms with E-state index in [0.717, 1.165) is 66.6 Å². The maximum Gasteiger partial charge on any atom is 0.208 e. The number of hydrogen-bond donors (Lipinski definition) is 0. The molecular weight excluding hydrogens is 669 g/mol. The third-order valence-corrected chi connectivity index (χ3v) is 8.01. The predicted molar refractivity (Wildman–Crippen MR) is 159 cm³/mol. The van der Waals surface area contributed by atoms with Gasteiger partial charge in [0.15, 0.2) is 0 Å². The summed E-state index contributed by atoms with van der Waals surface area (Å²) in [5.41, 5.74) is 5.94. The van der Waals surface area contributed by atoms with Crippen molar-refractivity contribution >= 4 is 55.5 Å². The van der Waals surface area contributed by atoms with Crippen molar-refractivity contribution < 1.29 is 29.6 Å². The first kappa shape index (κ1) is 23.5. The summed E-state index contributed by atoms with van der Waals surface area (Å²) in [5.74, 6) is 3.23. The van der Waals surface area contributed by atoms with Crippen molar-refractivity contribution in [3.8, 4) is 34.3 Å². The molecule has 0 atom stereocenters. The third-order valence-electron chi connectivity index (χ3n) is 8.01. The van der Waals surface area contributed by atoms with E-state index in [-0.39, 0.29) is 26.8 Å². The van der Waals surface area contributed by atoms with Gasteiger partial charge in [-0.25, -0.2) is 0 Å². The molecule has 0 bridgehead atoms. The maximum atomic E-state index is 6.66. The quantitative estimate of drug-likeness (QED) is 0.142. The van der Waals surface area contributed by atoms with E-state index in [2.05, 4.69) is 97.1 Å².